The van der Waals surface area contributed by atoms with Crippen LogP contribution in [0.5, 0.6) is 0 Å². The van der Waals surface area contributed by atoms with Crippen molar-refractivity contribution in [1.29, 1.82) is 0 Å². The first kappa shape index (κ1) is 16.0. The summed E-state index contributed by atoms with van der Waals surface area (Å²) in [4.78, 5) is 0.136. The summed E-state index contributed by atoms with van der Waals surface area (Å²) in [5.74, 6) is 0. The van der Waals surface area contributed by atoms with Crippen LogP contribution in [-0.2, 0) is 16.6 Å². The lowest BCUT2D eigenvalue weighted by atomic mass is 10.2. The number of aromatic nitrogens is 2. The first-order valence-electron chi connectivity index (χ1n) is 6.43. The second-order valence-electron chi connectivity index (χ2n) is 4.70. The highest BCUT2D eigenvalue weighted by molar-refractivity contribution is 9.10. The summed E-state index contributed by atoms with van der Waals surface area (Å²) in [6.45, 7) is 3.03. The molecule has 0 aliphatic rings. The first-order valence-corrected chi connectivity index (χ1v) is 8.71. The molecule has 0 aliphatic heterocycles. The van der Waals surface area contributed by atoms with Crippen molar-refractivity contribution in [2.75, 3.05) is 11.3 Å². The summed E-state index contributed by atoms with van der Waals surface area (Å²) in [5, 5.41) is 4.03. The molecule has 114 valence electrons. The van der Waals surface area contributed by atoms with Gasteiger partial charge >= 0.3 is 0 Å². The van der Waals surface area contributed by atoms with Gasteiger partial charge in [-0.05, 0) is 43.7 Å². The molecule has 8 heteroatoms. The zero-order valence-electron chi connectivity index (χ0n) is 11.6. The molecule has 0 spiro atoms. The third kappa shape index (κ3) is 4.29. The molecule has 0 unspecified atom stereocenters. The van der Waals surface area contributed by atoms with E-state index >= 15 is 0 Å². The molecule has 1 heterocycles. The number of nitrogens with zero attached hydrogens (tertiary/aromatic N) is 2. The van der Waals surface area contributed by atoms with Gasteiger partial charge in [0.2, 0.25) is 0 Å². The van der Waals surface area contributed by atoms with Crippen molar-refractivity contribution in [3.63, 3.8) is 0 Å². The normalized spacial score (nSPS) is 11.6. The SMILES string of the molecule is Cc1cc(Br)cc(NS(=O)(=O)c2cnn(CCCN)c2)c1. The number of anilines is 1. The molecule has 1 aromatic heterocycles. The minimum atomic E-state index is -3.64. The zero-order valence-corrected chi connectivity index (χ0v) is 14.0. The Hall–Kier alpha value is -1.38. The van der Waals surface area contributed by atoms with E-state index in [9.17, 15) is 8.42 Å². The molecule has 3 N–H and O–H groups in total. The van der Waals surface area contributed by atoms with Crippen LogP contribution in [0.15, 0.2) is 40.0 Å². The van der Waals surface area contributed by atoms with E-state index in [1.54, 1.807) is 16.8 Å². The number of rotatable bonds is 6. The molecule has 21 heavy (non-hydrogen) atoms. The zero-order chi connectivity index (χ0) is 15.5. The molecular formula is C13H17BrN4O2S. The molecule has 1 aromatic carbocycles. The number of hydrogen-bond acceptors (Lipinski definition) is 4. The lowest BCUT2D eigenvalue weighted by Gasteiger charge is -2.07. The third-order valence-corrected chi connectivity index (χ3v) is 4.60. The van der Waals surface area contributed by atoms with Crippen LogP contribution in [0.25, 0.3) is 0 Å². The molecule has 0 atom stereocenters. The average molecular weight is 373 g/mol. The highest BCUT2D eigenvalue weighted by Gasteiger charge is 2.17. The Labute approximate surface area is 132 Å². The van der Waals surface area contributed by atoms with Crippen LogP contribution >= 0.6 is 15.9 Å². The number of halogens is 1. The van der Waals surface area contributed by atoms with Crippen molar-refractivity contribution in [2.24, 2.45) is 5.73 Å². The van der Waals surface area contributed by atoms with E-state index in [4.69, 9.17) is 5.73 Å². The largest absolute Gasteiger partial charge is 0.330 e. The Morgan fingerprint density at radius 1 is 1.38 bits per heavy atom. The summed E-state index contributed by atoms with van der Waals surface area (Å²) >= 11 is 3.35. The van der Waals surface area contributed by atoms with Gasteiger partial charge in [-0.3, -0.25) is 9.40 Å². The molecule has 6 nitrogen and oxygen atoms in total. The Kier molecular flexibility index (Phi) is 5.02. The highest BCUT2D eigenvalue weighted by atomic mass is 79.9. The van der Waals surface area contributed by atoms with Crippen LogP contribution < -0.4 is 10.5 Å². The van der Waals surface area contributed by atoms with Crippen LogP contribution in [0.2, 0.25) is 0 Å². The lowest BCUT2D eigenvalue weighted by molar-refractivity contribution is 0.582. The highest BCUT2D eigenvalue weighted by Crippen LogP contribution is 2.22. The minimum Gasteiger partial charge on any atom is -0.330 e. The molecule has 2 rings (SSSR count). The van der Waals surface area contributed by atoms with E-state index < -0.39 is 10.0 Å². The van der Waals surface area contributed by atoms with Gasteiger partial charge in [-0.2, -0.15) is 5.10 Å². The molecule has 0 saturated carbocycles. The Bertz CT molecular complexity index is 707. The smallest absolute Gasteiger partial charge is 0.265 e. The topological polar surface area (TPSA) is 90.0 Å². The second kappa shape index (κ2) is 6.59. The Balaban J connectivity index is 2.19. The molecule has 2 aromatic rings. The predicted molar refractivity (Wildman–Crippen MR) is 85.6 cm³/mol. The summed E-state index contributed by atoms with van der Waals surface area (Å²) in [6.07, 6.45) is 3.59. The van der Waals surface area contributed by atoms with Crippen LogP contribution in [0.1, 0.15) is 12.0 Å². The quantitative estimate of drug-likeness (QED) is 0.812. The van der Waals surface area contributed by atoms with Gasteiger partial charge in [-0.25, -0.2) is 8.42 Å². The van der Waals surface area contributed by atoms with E-state index in [2.05, 4.69) is 25.8 Å². The monoisotopic (exact) mass is 372 g/mol. The maximum atomic E-state index is 12.3. The van der Waals surface area contributed by atoms with Crippen molar-refractivity contribution in [1.82, 2.24) is 9.78 Å². The van der Waals surface area contributed by atoms with E-state index in [-0.39, 0.29) is 4.90 Å². The maximum Gasteiger partial charge on any atom is 0.265 e. The van der Waals surface area contributed by atoms with Gasteiger partial charge in [0, 0.05) is 17.2 Å². The van der Waals surface area contributed by atoms with E-state index in [1.807, 2.05) is 13.0 Å². The van der Waals surface area contributed by atoms with Gasteiger partial charge < -0.3 is 5.73 Å². The minimum absolute atomic E-state index is 0.136. The van der Waals surface area contributed by atoms with Crippen molar-refractivity contribution < 1.29 is 8.42 Å². The Morgan fingerprint density at radius 3 is 2.81 bits per heavy atom. The molecular weight excluding hydrogens is 356 g/mol. The fraction of sp³-hybridized carbons (Fsp3) is 0.308. The number of sulfonamides is 1. The van der Waals surface area contributed by atoms with Crippen LogP contribution in [-0.4, -0.2) is 24.7 Å². The summed E-state index contributed by atoms with van der Waals surface area (Å²) < 4.78 is 29.6. The van der Waals surface area contributed by atoms with E-state index in [1.165, 1.54) is 12.4 Å². The fourth-order valence-corrected chi connectivity index (χ4v) is 3.47. The first-order chi connectivity index (χ1) is 9.90. The number of nitrogens with one attached hydrogen (secondary N) is 1. The second-order valence-corrected chi connectivity index (χ2v) is 7.30. The third-order valence-electron chi connectivity index (χ3n) is 2.81. The van der Waals surface area contributed by atoms with Crippen LogP contribution in [0, 0.1) is 6.92 Å². The van der Waals surface area contributed by atoms with Gasteiger partial charge in [0.25, 0.3) is 10.0 Å². The molecule has 0 aliphatic carbocycles. The van der Waals surface area contributed by atoms with Gasteiger partial charge in [0.15, 0.2) is 0 Å². The van der Waals surface area contributed by atoms with E-state index in [0.717, 1.165) is 16.5 Å². The number of hydrogen-bond donors (Lipinski definition) is 2. The van der Waals surface area contributed by atoms with Gasteiger partial charge in [-0.15, -0.1) is 0 Å². The average Bonchev–Trinajstić information content (AvgIpc) is 2.84. The molecule has 0 fully saturated rings. The van der Waals surface area contributed by atoms with Crippen molar-refractivity contribution in [3.05, 3.63) is 40.6 Å². The summed E-state index contributed by atoms with van der Waals surface area (Å²) in [7, 11) is -3.64. The summed E-state index contributed by atoms with van der Waals surface area (Å²) in [5.41, 5.74) is 6.89. The predicted octanol–water partition coefficient (Wildman–Crippen LogP) is 2.10. The number of nitrogens with two attached hydrogens (primary N) is 1. The number of benzene rings is 1. The molecule has 0 radical (unpaired) electrons. The summed E-state index contributed by atoms with van der Waals surface area (Å²) in [6, 6.07) is 5.38. The number of aryl methyl sites for hydroxylation is 2. The van der Waals surface area contributed by atoms with Crippen molar-refractivity contribution in [2.45, 2.75) is 24.8 Å². The van der Waals surface area contributed by atoms with Crippen LogP contribution in [0.3, 0.4) is 0 Å². The standard InChI is InChI=1S/C13H17BrN4O2S/c1-10-5-11(14)7-12(6-10)17-21(19,20)13-8-16-18(9-13)4-2-3-15/h5-9,17H,2-4,15H2,1H3. The lowest BCUT2D eigenvalue weighted by Crippen LogP contribution is -2.12. The van der Waals surface area contributed by atoms with Crippen molar-refractivity contribution in [3.8, 4) is 0 Å². The molecule has 0 saturated heterocycles. The Morgan fingerprint density at radius 2 is 2.14 bits per heavy atom. The van der Waals surface area contributed by atoms with Crippen molar-refractivity contribution >= 4 is 31.6 Å². The van der Waals surface area contributed by atoms with Gasteiger partial charge in [-0.1, -0.05) is 15.9 Å². The van der Waals surface area contributed by atoms with Crippen LogP contribution in [0.4, 0.5) is 5.69 Å². The van der Waals surface area contributed by atoms with Gasteiger partial charge in [0.1, 0.15) is 4.90 Å². The fourth-order valence-electron chi connectivity index (χ4n) is 1.87. The molecule has 0 bridgehead atoms. The van der Waals surface area contributed by atoms with E-state index in [0.29, 0.717) is 18.8 Å². The van der Waals surface area contributed by atoms with Gasteiger partial charge in [0.05, 0.1) is 11.9 Å². The maximum absolute atomic E-state index is 12.3. The molecule has 0 amide bonds.